The molecule has 0 aliphatic carbocycles. The van der Waals surface area contributed by atoms with E-state index in [1.807, 2.05) is 72.8 Å². The fourth-order valence-electron chi connectivity index (χ4n) is 3.53. The highest BCUT2D eigenvalue weighted by Gasteiger charge is 2.21. The summed E-state index contributed by atoms with van der Waals surface area (Å²) in [5.41, 5.74) is 2.02. The van der Waals surface area contributed by atoms with Gasteiger partial charge in [0, 0.05) is 5.56 Å². The zero-order valence-corrected chi connectivity index (χ0v) is 21.0. The van der Waals surface area contributed by atoms with Gasteiger partial charge in [0.25, 0.3) is 5.91 Å². The van der Waals surface area contributed by atoms with E-state index in [1.165, 1.54) is 16.3 Å². The Morgan fingerprint density at radius 3 is 2.16 bits per heavy atom. The van der Waals surface area contributed by atoms with Crippen LogP contribution in [0.1, 0.15) is 15.9 Å². The van der Waals surface area contributed by atoms with E-state index in [1.54, 1.807) is 44.7 Å². The van der Waals surface area contributed by atoms with Crippen LogP contribution in [0.4, 0.5) is 5.13 Å². The van der Waals surface area contributed by atoms with E-state index in [4.69, 9.17) is 14.2 Å². The lowest BCUT2D eigenvalue weighted by Gasteiger charge is -2.14. The summed E-state index contributed by atoms with van der Waals surface area (Å²) in [5, 5.41) is 6.29. The minimum Gasteiger partial charge on any atom is -0.497 e. The van der Waals surface area contributed by atoms with Gasteiger partial charge in [0.15, 0.2) is 0 Å². The Kier molecular flexibility index (Phi) is 7.09. The highest BCUT2D eigenvalue weighted by molar-refractivity contribution is 7.22. The van der Waals surface area contributed by atoms with Crippen molar-refractivity contribution in [1.29, 1.82) is 0 Å². The van der Waals surface area contributed by atoms with Crippen LogP contribution in [0.25, 0.3) is 10.2 Å². The van der Waals surface area contributed by atoms with Crippen molar-refractivity contribution in [3.05, 3.63) is 108 Å². The SMILES string of the molecule is COc1ccc(/C=N/N(C(=O)c2ccc(Oc3ccccc3)cc2)c2nc3ccc(OC)cc3s2)cc1. The number of benzene rings is 4. The van der Waals surface area contributed by atoms with Gasteiger partial charge in [-0.1, -0.05) is 29.5 Å². The Morgan fingerprint density at radius 1 is 0.811 bits per heavy atom. The maximum absolute atomic E-state index is 13.6. The molecule has 0 unspecified atom stereocenters. The summed E-state index contributed by atoms with van der Waals surface area (Å²) in [7, 11) is 3.23. The van der Waals surface area contributed by atoms with Crippen molar-refractivity contribution in [2.45, 2.75) is 0 Å². The third-order valence-electron chi connectivity index (χ3n) is 5.48. The number of amides is 1. The second-order valence-electron chi connectivity index (χ2n) is 7.90. The maximum atomic E-state index is 13.6. The molecule has 0 aliphatic rings. The number of hydrazone groups is 1. The largest absolute Gasteiger partial charge is 0.497 e. The number of aromatic nitrogens is 1. The van der Waals surface area contributed by atoms with E-state index in [-0.39, 0.29) is 5.91 Å². The number of rotatable bonds is 8. The van der Waals surface area contributed by atoms with Gasteiger partial charge in [-0.25, -0.2) is 4.98 Å². The zero-order chi connectivity index (χ0) is 25.6. The maximum Gasteiger partial charge on any atom is 0.280 e. The quantitative estimate of drug-likeness (QED) is 0.170. The van der Waals surface area contributed by atoms with Crippen molar-refractivity contribution < 1.29 is 19.0 Å². The third kappa shape index (κ3) is 5.60. The number of para-hydroxylation sites is 1. The number of hydrogen-bond donors (Lipinski definition) is 0. The van der Waals surface area contributed by atoms with Crippen LogP contribution in [0.3, 0.4) is 0 Å². The van der Waals surface area contributed by atoms with E-state index in [0.29, 0.717) is 16.4 Å². The number of fused-ring (bicyclic) bond motifs is 1. The van der Waals surface area contributed by atoms with Crippen molar-refractivity contribution in [2.75, 3.05) is 19.2 Å². The van der Waals surface area contributed by atoms with Crippen LogP contribution < -0.4 is 19.2 Å². The predicted octanol–water partition coefficient (Wildman–Crippen LogP) is 6.79. The van der Waals surface area contributed by atoms with Crippen LogP contribution in [-0.2, 0) is 0 Å². The Bertz CT molecular complexity index is 1530. The fourth-order valence-corrected chi connectivity index (χ4v) is 4.48. The van der Waals surface area contributed by atoms with E-state index in [9.17, 15) is 4.79 Å². The number of nitrogens with zero attached hydrogens (tertiary/aromatic N) is 3. The highest BCUT2D eigenvalue weighted by atomic mass is 32.1. The van der Waals surface area contributed by atoms with Crippen LogP contribution in [0, 0.1) is 0 Å². The standard InChI is InChI=1S/C29H23N3O4S/c1-34-22-12-8-20(9-13-22)19-30-32(29-31-26-17-16-25(35-2)18-27(26)37-29)28(33)21-10-14-24(15-11-21)36-23-6-4-3-5-7-23/h3-19H,1-2H3/b30-19+. The Balaban J connectivity index is 1.46. The lowest BCUT2D eigenvalue weighted by Crippen LogP contribution is -2.25. The second kappa shape index (κ2) is 10.9. The van der Waals surface area contributed by atoms with Gasteiger partial charge in [0.1, 0.15) is 23.0 Å². The van der Waals surface area contributed by atoms with E-state index < -0.39 is 0 Å². The summed E-state index contributed by atoms with van der Waals surface area (Å²) >= 11 is 1.36. The fraction of sp³-hybridized carbons (Fsp3) is 0.0690. The average molecular weight is 510 g/mol. The third-order valence-corrected chi connectivity index (χ3v) is 6.47. The molecule has 1 aromatic heterocycles. The summed E-state index contributed by atoms with van der Waals surface area (Å²) in [6, 6.07) is 29.4. The van der Waals surface area contributed by atoms with Gasteiger partial charge in [0.05, 0.1) is 30.7 Å². The zero-order valence-electron chi connectivity index (χ0n) is 20.2. The number of hydrogen-bond acceptors (Lipinski definition) is 7. The summed E-state index contributed by atoms with van der Waals surface area (Å²) in [6.45, 7) is 0. The molecule has 1 heterocycles. The summed E-state index contributed by atoms with van der Waals surface area (Å²) in [5.74, 6) is 2.49. The van der Waals surface area contributed by atoms with Gasteiger partial charge < -0.3 is 14.2 Å². The van der Waals surface area contributed by atoms with Gasteiger partial charge in [-0.05, 0) is 84.4 Å². The Morgan fingerprint density at radius 2 is 1.46 bits per heavy atom. The van der Waals surface area contributed by atoms with Crippen molar-refractivity contribution in [1.82, 2.24) is 4.98 Å². The molecule has 0 saturated carbocycles. The minimum atomic E-state index is -0.318. The number of carbonyl (C=O) groups is 1. The van der Waals surface area contributed by atoms with Gasteiger partial charge in [-0.15, -0.1) is 0 Å². The molecule has 4 aromatic carbocycles. The summed E-state index contributed by atoms with van der Waals surface area (Å²) in [4.78, 5) is 18.3. The molecule has 8 heteroatoms. The number of ether oxygens (including phenoxy) is 3. The van der Waals surface area contributed by atoms with Gasteiger partial charge in [-0.2, -0.15) is 10.1 Å². The molecule has 37 heavy (non-hydrogen) atoms. The molecule has 5 aromatic rings. The number of carbonyl (C=O) groups excluding carboxylic acids is 1. The molecule has 7 nitrogen and oxygen atoms in total. The molecule has 1 amide bonds. The number of thiazole rings is 1. The Labute approximate surface area is 218 Å². The van der Waals surface area contributed by atoms with E-state index >= 15 is 0 Å². The molecule has 0 radical (unpaired) electrons. The van der Waals surface area contributed by atoms with Crippen LogP contribution in [-0.4, -0.2) is 31.3 Å². The first-order valence-corrected chi connectivity index (χ1v) is 12.2. The lowest BCUT2D eigenvalue weighted by atomic mass is 10.2. The first-order valence-electron chi connectivity index (χ1n) is 11.4. The topological polar surface area (TPSA) is 73.2 Å². The molecule has 0 N–H and O–H groups in total. The van der Waals surface area contributed by atoms with Crippen LogP contribution in [0.15, 0.2) is 102 Å². The molecule has 0 spiro atoms. The van der Waals surface area contributed by atoms with Crippen LogP contribution in [0.5, 0.6) is 23.0 Å². The summed E-state index contributed by atoms with van der Waals surface area (Å²) in [6.07, 6.45) is 1.62. The normalized spacial score (nSPS) is 11.0. The highest BCUT2D eigenvalue weighted by Crippen LogP contribution is 2.33. The van der Waals surface area contributed by atoms with Gasteiger partial charge in [0.2, 0.25) is 5.13 Å². The number of methoxy groups -OCH3 is 2. The first kappa shape index (κ1) is 24.0. The minimum absolute atomic E-state index is 0.318. The molecule has 0 aliphatic heterocycles. The lowest BCUT2D eigenvalue weighted by molar-refractivity contribution is 0.0988. The molecule has 5 rings (SSSR count). The van der Waals surface area contributed by atoms with Crippen molar-refractivity contribution >= 4 is 38.8 Å². The molecular formula is C29H23N3O4S. The van der Waals surface area contributed by atoms with Gasteiger partial charge >= 0.3 is 0 Å². The summed E-state index contributed by atoms with van der Waals surface area (Å²) < 4.78 is 17.3. The van der Waals surface area contributed by atoms with E-state index in [0.717, 1.165) is 33.0 Å². The molecule has 0 saturated heterocycles. The van der Waals surface area contributed by atoms with Crippen molar-refractivity contribution in [3.8, 4) is 23.0 Å². The van der Waals surface area contributed by atoms with Gasteiger partial charge in [-0.3, -0.25) is 4.79 Å². The van der Waals surface area contributed by atoms with E-state index in [2.05, 4.69) is 10.1 Å². The molecule has 184 valence electrons. The van der Waals surface area contributed by atoms with Crippen LogP contribution in [0.2, 0.25) is 0 Å². The molecule has 0 atom stereocenters. The Hall–Kier alpha value is -4.69. The smallest absolute Gasteiger partial charge is 0.280 e. The van der Waals surface area contributed by atoms with Crippen molar-refractivity contribution in [2.24, 2.45) is 5.10 Å². The average Bonchev–Trinajstić information content (AvgIpc) is 3.37. The molecule has 0 fully saturated rings. The monoisotopic (exact) mass is 509 g/mol. The van der Waals surface area contributed by atoms with Crippen molar-refractivity contribution in [3.63, 3.8) is 0 Å². The molecule has 0 bridgehead atoms. The number of anilines is 1. The predicted molar refractivity (Wildman–Crippen MR) is 147 cm³/mol. The first-order chi connectivity index (χ1) is 18.1. The molecular weight excluding hydrogens is 486 g/mol. The van der Waals surface area contributed by atoms with Crippen LogP contribution >= 0.6 is 11.3 Å². The second-order valence-corrected chi connectivity index (χ2v) is 8.91.